The molecule has 3 rings (SSSR count). The number of hydrogen-bond donors (Lipinski definition) is 1. The van der Waals surface area contributed by atoms with Crippen molar-refractivity contribution in [1.82, 2.24) is 14.1 Å². The van der Waals surface area contributed by atoms with Gasteiger partial charge < -0.3 is 9.14 Å². The van der Waals surface area contributed by atoms with Gasteiger partial charge in [0.05, 0.1) is 24.2 Å². The minimum absolute atomic E-state index is 0.134. The van der Waals surface area contributed by atoms with Crippen LogP contribution >= 0.6 is 0 Å². The Morgan fingerprint density at radius 1 is 1.22 bits per heavy atom. The van der Waals surface area contributed by atoms with Gasteiger partial charge in [-0.3, -0.25) is 0 Å². The fourth-order valence-electron chi connectivity index (χ4n) is 2.30. The summed E-state index contributed by atoms with van der Waals surface area (Å²) in [5.41, 5.74) is 2.53. The zero-order valence-corrected chi connectivity index (χ0v) is 13.7. The fourth-order valence-corrected chi connectivity index (χ4v) is 3.30. The summed E-state index contributed by atoms with van der Waals surface area (Å²) >= 11 is 0. The van der Waals surface area contributed by atoms with Crippen molar-refractivity contribution in [1.29, 1.82) is 0 Å². The van der Waals surface area contributed by atoms with Crippen LogP contribution in [-0.4, -0.2) is 24.9 Å². The molecule has 0 fully saturated rings. The van der Waals surface area contributed by atoms with E-state index in [0.29, 0.717) is 11.4 Å². The van der Waals surface area contributed by atoms with Gasteiger partial charge in [-0.1, -0.05) is 6.07 Å². The highest BCUT2D eigenvalue weighted by Gasteiger charge is 2.14. The highest BCUT2D eigenvalue weighted by atomic mass is 32.2. The molecular formula is C16H17N3O3S. The molecule has 3 aromatic rings. The molecule has 0 atom stereocenters. The van der Waals surface area contributed by atoms with Crippen molar-refractivity contribution in [2.45, 2.75) is 18.4 Å². The molecule has 0 aliphatic carbocycles. The predicted molar refractivity (Wildman–Crippen MR) is 86.9 cm³/mol. The van der Waals surface area contributed by atoms with Gasteiger partial charge in [-0.2, -0.15) is 0 Å². The largest absolute Gasteiger partial charge is 0.497 e. The molecule has 0 aliphatic heterocycles. The standard InChI is InChI=1S/C16H17N3O3S/c1-12-4-3-9-19-11-13(18-16(12)19)10-17-23(20,21)15-7-5-14(22-2)6-8-15/h3-9,11,17H,10H2,1-2H3. The molecular weight excluding hydrogens is 314 g/mol. The maximum Gasteiger partial charge on any atom is 0.240 e. The van der Waals surface area contributed by atoms with E-state index in [0.717, 1.165) is 11.2 Å². The van der Waals surface area contributed by atoms with Crippen LogP contribution in [0.25, 0.3) is 5.65 Å². The Kier molecular flexibility index (Phi) is 4.06. The number of ether oxygens (including phenoxy) is 1. The quantitative estimate of drug-likeness (QED) is 0.777. The van der Waals surface area contributed by atoms with Crippen LogP contribution in [0.15, 0.2) is 53.7 Å². The molecule has 7 heteroatoms. The number of fused-ring (bicyclic) bond motifs is 1. The first kappa shape index (κ1) is 15.5. The molecule has 6 nitrogen and oxygen atoms in total. The first-order valence-corrected chi connectivity index (χ1v) is 8.55. The van der Waals surface area contributed by atoms with Crippen LogP contribution in [0.5, 0.6) is 5.75 Å². The van der Waals surface area contributed by atoms with E-state index in [1.165, 1.54) is 19.2 Å². The van der Waals surface area contributed by atoms with Crippen LogP contribution in [0.1, 0.15) is 11.3 Å². The number of methoxy groups -OCH3 is 1. The minimum atomic E-state index is -3.59. The van der Waals surface area contributed by atoms with Gasteiger partial charge in [-0.15, -0.1) is 0 Å². The summed E-state index contributed by atoms with van der Waals surface area (Å²) < 4.78 is 34.1. The lowest BCUT2D eigenvalue weighted by molar-refractivity contribution is 0.414. The summed E-state index contributed by atoms with van der Waals surface area (Å²) in [5, 5.41) is 0. The lowest BCUT2D eigenvalue weighted by Crippen LogP contribution is -2.23. The van der Waals surface area contributed by atoms with Gasteiger partial charge in [0, 0.05) is 12.4 Å². The predicted octanol–water partition coefficient (Wildman–Crippen LogP) is 2.13. The number of nitrogens with one attached hydrogen (secondary N) is 1. The monoisotopic (exact) mass is 331 g/mol. The third kappa shape index (κ3) is 3.20. The molecule has 0 saturated carbocycles. The molecule has 1 N–H and O–H groups in total. The van der Waals surface area contributed by atoms with Crippen LogP contribution in [0.3, 0.4) is 0 Å². The number of sulfonamides is 1. The second kappa shape index (κ2) is 6.02. The Morgan fingerprint density at radius 2 is 1.96 bits per heavy atom. The molecule has 0 radical (unpaired) electrons. The number of aromatic nitrogens is 2. The van der Waals surface area contributed by atoms with Gasteiger partial charge in [0.25, 0.3) is 0 Å². The molecule has 0 bridgehead atoms. The molecule has 120 valence electrons. The number of aryl methyl sites for hydroxylation is 1. The van der Waals surface area contributed by atoms with E-state index >= 15 is 0 Å². The van der Waals surface area contributed by atoms with E-state index in [4.69, 9.17) is 4.74 Å². The zero-order chi connectivity index (χ0) is 16.4. The van der Waals surface area contributed by atoms with E-state index < -0.39 is 10.0 Å². The Labute approximate surface area is 134 Å². The number of hydrogen-bond acceptors (Lipinski definition) is 4. The molecule has 2 heterocycles. The van der Waals surface area contributed by atoms with E-state index in [9.17, 15) is 8.42 Å². The molecule has 0 aliphatic rings. The Bertz CT molecular complexity index is 931. The van der Waals surface area contributed by atoms with Crippen molar-refractivity contribution in [3.63, 3.8) is 0 Å². The number of imidazole rings is 1. The Hall–Kier alpha value is -2.38. The van der Waals surface area contributed by atoms with Crippen molar-refractivity contribution in [2.24, 2.45) is 0 Å². The van der Waals surface area contributed by atoms with Crippen LogP contribution in [0.2, 0.25) is 0 Å². The molecule has 1 aromatic carbocycles. The Morgan fingerprint density at radius 3 is 2.61 bits per heavy atom. The highest BCUT2D eigenvalue weighted by molar-refractivity contribution is 7.89. The number of benzene rings is 1. The van der Waals surface area contributed by atoms with Crippen molar-refractivity contribution < 1.29 is 13.2 Å². The van der Waals surface area contributed by atoms with E-state index in [1.54, 1.807) is 12.1 Å². The number of rotatable bonds is 5. The Balaban J connectivity index is 1.78. The van der Waals surface area contributed by atoms with Crippen molar-refractivity contribution in [2.75, 3.05) is 7.11 Å². The van der Waals surface area contributed by atoms with Crippen molar-refractivity contribution >= 4 is 15.7 Å². The van der Waals surface area contributed by atoms with Crippen LogP contribution < -0.4 is 9.46 Å². The second-order valence-electron chi connectivity index (χ2n) is 5.15. The smallest absolute Gasteiger partial charge is 0.240 e. The summed E-state index contributed by atoms with van der Waals surface area (Å²) in [6.07, 6.45) is 3.70. The maximum atomic E-state index is 12.3. The lowest BCUT2D eigenvalue weighted by Gasteiger charge is -2.06. The average Bonchev–Trinajstić information content (AvgIpc) is 2.98. The molecule has 0 saturated heterocycles. The first-order chi connectivity index (χ1) is 11.0. The van der Waals surface area contributed by atoms with E-state index in [1.807, 2.05) is 35.9 Å². The molecule has 0 amide bonds. The third-order valence-corrected chi connectivity index (χ3v) is 4.96. The zero-order valence-electron chi connectivity index (χ0n) is 12.9. The molecule has 23 heavy (non-hydrogen) atoms. The first-order valence-electron chi connectivity index (χ1n) is 7.06. The summed E-state index contributed by atoms with van der Waals surface area (Å²) in [4.78, 5) is 4.65. The average molecular weight is 331 g/mol. The summed E-state index contributed by atoms with van der Waals surface area (Å²) in [5.74, 6) is 0.611. The number of pyridine rings is 1. The highest BCUT2D eigenvalue weighted by Crippen LogP contribution is 2.16. The van der Waals surface area contributed by atoms with Gasteiger partial charge in [0.15, 0.2) is 0 Å². The lowest BCUT2D eigenvalue weighted by atomic mass is 10.3. The van der Waals surface area contributed by atoms with Gasteiger partial charge in [0.2, 0.25) is 10.0 Å². The second-order valence-corrected chi connectivity index (χ2v) is 6.92. The summed E-state index contributed by atoms with van der Waals surface area (Å²) in [6.45, 7) is 2.10. The van der Waals surface area contributed by atoms with Crippen molar-refractivity contribution in [3.05, 3.63) is 60.0 Å². The minimum Gasteiger partial charge on any atom is -0.497 e. The van der Waals surface area contributed by atoms with Gasteiger partial charge in [0.1, 0.15) is 11.4 Å². The summed E-state index contributed by atoms with van der Waals surface area (Å²) in [7, 11) is -2.05. The van der Waals surface area contributed by atoms with Crippen LogP contribution in [0.4, 0.5) is 0 Å². The van der Waals surface area contributed by atoms with Gasteiger partial charge in [-0.25, -0.2) is 18.1 Å². The maximum absolute atomic E-state index is 12.3. The van der Waals surface area contributed by atoms with E-state index in [-0.39, 0.29) is 11.4 Å². The van der Waals surface area contributed by atoms with Gasteiger partial charge in [-0.05, 0) is 42.8 Å². The summed E-state index contributed by atoms with van der Waals surface area (Å²) in [6, 6.07) is 10.1. The fraction of sp³-hybridized carbons (Fsp3) is 0.188. The van der Waals surface area contributed by atoms with Crippen molar-refractivity contribution in [3.8, 4) is 5.75 Å². The van der Waals surface area contributed by atoms with Gasteiger partial charge >= 0.3 is 0 Å². The molecule has 2 aromatic heterocycles. The number of nitrogens with zero attached hydrogens (tertiary/aromatic N) is 2. The third-order valence-electron chi connectivity index (χ3n) is 3.54. The topological polar surface area (TPSA) is 72.7 Å². The van der Waals surface area contributed by atoms with Crippen LogP contribution in [-0.2, 0) is 16.6 Å². The van der Waals surface area contributed by atoms with E-state index in [2.05, 4.69) is 9.71 Å². The molecule has 0 spiro atoms. The van der Waals surface area contributed by atoms with Crippen LogP contribution in [0, 0.1) is 6.92 Å². The normalized spacial score (nSPS) is 11.7. The molecule has 0 unspecified atom stereocenters. The SMILES string of the molecule is COc1ccc(S(=O)(=O)NCc2cn3cccc(C)c3n2)cc1.